The lowest BCUT2D eigenvalue weighted by molar-refractivity contribution is 0.252. The summed E-state index contributed by atoms with van der Waals surface area (Å²) in [7, 11) is 0. The maximum atomic E-state index is 13.8. The molecule has 0 bridgehead atoms. The summed E-state index contributed by atoms with van der Waals surface area (Å²) in [6, 6.07) is 3.91. The Morgan fingerprint density at radius 3 is 2.92 bits per heavy atom. The lowest BCUT2D eigenvalue weighted by Crippen LogP contribution is -2.30. The van der Waals surface area contributed by atoms with Crippen LogP contribution < -0.4 is 15.4 Å². The van der Waals surface area contributed by atoms with Crippen molar-refractivity contribution in [3.05, 3.63) is 29.0 Å². The monoisotopic (exact) mass is 370 g/mol. The van der Waals surface area contributed by atoms with Crippen LogP contribution in [0.4, 0.5) is 14.9 Å². The van der Waals surface area contributed by atoms with Gasteiger partial charge in [0.15, 0.2) is 4.34 Å². The first kappa shape index (κ1) is 18.5. The summed E-state index contributed by atoms with van der Waals surface area (Å²) in [5.74, 6) is 0.731. The van der Waals surface area contributed by atoms with E-state index in [4.69, 9.17) is 4.74 Å². The number of carbonyl (C=O) groups is 1. The Kier molecular flexibility index (Phi) is 7.26. The van der Waals surface area contributed by atoms with E-state index in [9.17, 15) is 9.18 Å². The van der Waals surface area contributed by atoms with Gasteiger partial charge in [-0.25, -0.2) is 9.18 Å². The van der Waals surface area contributed by atoms with Crippen LogP contribution in [0.15, 0.2) is 22.5 Å². The van der Waals surface area contributed by atoms with Crippen molar-refractivity contribution in [1.82, 2.24) is 15.5 Å². The van der Waals surface area contributed by atoms with Crippen LogP contribution in [-0.4, -0.2) is 35.1 Å². The number of urea groups is 1. The third kappa shape index (κ3) is 5.97. The second kappa shape index (κ2) is 9.43. The van der Waals surface area contributed by atoms with Gasteiger partial charge in [-0.05, 0) is 32.4 Å². The first-order valence-corrected chi connectivity index (χ1v) is 9.28. The molecule has 0 spiro atoms. The van der Waals surface area contributed by atoms with Gasteiger partial charge in [-0.2, -0.15) is 0 Å². The van der Waals surface area contributed by atoms with Crippen LogP contribution in [0.3, 0.4) is 0 Å². The van der Waals surface area contributed by atoms with E-state index in [1.54, 1.807) is 29.2 Å². The molecule has 1 heterocycles. The first-order chi connectivity index (χ1) is 11.6. The molecule has 24 heavy (non-hydrogen) atoms. The molecule has 2 N–H and O–H groups in total. The molecule has 2 aromatic rings. The third-order valence-electron chi connectivity index (χ3n) is 2.84. The predicted octanol–water partition coefficient (Wildman–Crippen LogP) is 3.69. The van der Waals surface area contributed by atoms with E-state index in [-0.39, 0.29) is 5.69 Å². The number of amides is 2. The predicted molar refractivity (Wildman–Crippen MR) is 94.6 cm³/mol. The van der Waals surface area contributed by atoms with Crippen LogP contribution in [0.25, 0.3) is 0 Å². The van der Waals surface area contributed by atoms with Gasteiger partial charge in [-0.1, -0.05) is 23.1 Å². The molecular formula is C15H19FN4O2S2. The molecule has 6 nitrogen and oxygen atoms in total. The summed E-state index contributed by atoms with van der Waals surface area (Å²) < 4.78 is 20.0. The molecule has 1 aromatic carbocycles. The summed E-state index contributed by atoms with van der Waals surface area (Å²) in [5, 5.41) is 14.1. The number of aromatic nitrogens is 2. The highest BCUT2D eigenvalue weighted by Crippen LogP contribution is 2.22. The maximum absolute atomic E-state index is 13.8. The normalized spacial score (nSPS) is 10.5. The molecular weight excluding hydrogens is 351 g/mol. The molecule has 2 amide bonds. The molecule has 0 aliphatic heterocycles. The van der Waals surface area contributed by atoms with Gasteiger partial charge in [0.05, 0.1) is 12.3 Å². The molecule has 0 fully saturated rings. The molecule has 0 radical (unpaired) electrons. The fraction of sp³-hybridized carbons (Fsp3) is 0.400. The Hall–Kier alpha value is -1.87. The van der Waals surface area contributed by atoms with Crippen molar-refractivity contribution in [2.75, 3.05) is 24.2 Å². The van der Waals surface area contributed by atoms with Crippen LogP contribution in [0.1, 0.15) is 18.4 Å². The van der Waals surface area contributed by atoms with Gasteiger partial charge in [-0.15, -0.1) is 10.2 Å². The number of hydrogen-bond donors (Lipinski definition) is 2. The zero-order chi connectivity index (χ0) is 17.4. The lowest BCUT2D eigenvalue weighted by atomic mass is 10.3. The first-order valence-electron chi connectivity index (χ1n) is 7.48. The number of nitrogens with zero attached hydrogens (tertiary/aromatic N) is 2. The fourth-order valence-corrected chi connectivity index (χ4v) is 3.62. The van der Waals surface area contributed by atoms with Crippen LogP contribution in [0, 0.1) is 12.7 Å². The maximum Gasteiger partial charge on any atom is 0.319 e. The van der Waals surface area contributed by atoms with E-state index < -0.39 is 11.8 Å². The zero-order valence-corrected chi connectivity index (χ0v) is 15.1. The van der Waals surface area contributed by atoms with Gasteiger partial charge < -0.3 is 15.4 Å². The standard InChI is InChI=1S/C15H19FN4O2S2/c1-3-22-11-5-6-13(12(16)9-11)18-14(21)17-7-4-8-23-15-20-19-10(2)24-15/h5-6,9H,3-4,7-8H2,1-2H3,(H2,17,18,21). The third-order valence-corrected chi connectivity index (χ3v) is 4.90. The molecule has 1 aromatic heterocycles. The van der Waals surface area contributed by atoms with Gasteiger partial charge in [0.2, 0.25) is 0 Å². The van der Waals surface area contributed by atoms with Crippen molar-refractivity contribution >= 4 is 34.8 Å². The minimum Gasteiger partial charge on any atom is -0.494 e. The highest BCUT2D eigenvalue weighted by molar-refractivity contribution is 8.01. The molecule has 0 atom stereocenters. The Labute approximate surface area is 148 Å². The molecule has 2 rings (SSSR count). The SMILES string of the molecule is CCOc1ccc(NC(=O)NCCCSc2nnc(C)s2)c(F)c1. The summed E-state index contributed by atoms with van der Waals surface area (Å²) >= 11 is 3.15. The number of ether oxygens (including phenoxy) is 1. The van der Waals surface area contributed by atoms with Crippen molar-refractivity contribution in [2.45, 2.75) is 24.6 Å². The van der Waals surface area contributed by atoms with E-state index in [1.807, 2.05) is 13.8 Å². The van der Waals surface area contributed by atoms with Crippen LogP contribution in [-0.2, 0) is 0 Å². The van der Waals surface area contributed by atoms with Crippen molar-refractivity contribution in [1.29, 1.82) is 0 Å². The summed E-state index contributed by atoms with van der Waals surface area (Å²) in [6.45, 7) is 4.69. The minimum atomic E-state index is -0.529. The van der Waals surface area contributed by atoms with Crippen LogP contribution in [0.5, 0.6) is 5.75 Å². The Morgan fingerprint density at radius 1 is 1.42 bits per heavy atom. The Morgan fingerprint density at radius 2 is 2.25 bits per heavy atom. The average Bonchev–Trinajstić information content (AvgIpc) is 2.95. The number of nitrogens with one attached hydrogen (secondary N) is 2. The lowest BCUT2D eigenvalue weighted by Gasteiger charge is -2.09. The van der Waals surface area contributed by atoms with Crippen molar-refractivity contribution < 1.29 is 13.9 Å². The number of thioether (sulfide) groups is 1. The van der Waals surface area contributed by atoms with Gasteiger partial charge in [0, 0.05) is 18.4 Å². The van der Waals surface area contributed by atoms with E-state index in [2.05, 4.69) is 20.8 Å². The molecule has 130 valence electrons. The molecule has 0 saturated carbocycles. The summed E-state index contributed by atoms with van der Waals surface area (Å²) in [4.78, 5) is 11.8. The highest BCUT2D eigenvalue weighted by Gasteiger charge is 2.08. The van der Waals surface area contributed by atoms with E-state index in [1.165, 1.54) is 12.1 Å². The molecule has 0 aliphatic carbocycles. The second-order valence-corrected chi connectivity index (χ2v) is 7.27. The van der Waals surface area contributed by atoms with Gasteiger partial charge >= 0.3 is 6.03 Å². The summed E-state index contributed by atoms with van der Waals surface area (Å²) in [6.07, 6.45) is 0.780. The quantitative estimate of drug-likeness (QED) is 0.547. The fourth-order valence-electron chi connectivity index (χ4n) is 1.79. The topological polar surface area (TPSA) is 76.1 Å². The van der Waals surface area contributed by atoms with Gasteiger partial charge in [0.1, 0.15) is 16.6 Å². The van der Waals surface area contributed by atoms with Crippen LogP contribution >= 0.6 is 23.1 Å². The average molecular weight is 370 g/mol. The van der Waals surface area contributed by atoms with Crippen molar-refractivity contribution in [2.24, 2.45) is 0 Å². The number of halogens is 1. The number of benzene rings is 1. The molecule has 0 unspecified atom stereocenters. The van der Waals surface area contributed by atoms with Gasteiger partial charge in [0.25, 0.3) is 0 Å². The van der Waals surface area contributed by atoms with Gasteiger partial charge in [-0.3, -0.25) is 0 Å². The van der Waals surface area contributed by atoms with E-state index >= 15 is 0 Å². The Bertz CT molecular complexity index is 681. The zero-order valence-electron chi connectivity index (χ0n) is 13.5. The number of hydrogen-bond acceptors (Lipinski definition) is 6. The largest absolute Gasteiger partial charge is 0.494 e. The van der Waals surface area contributed by atoms with Crippen molar-refractivity contribution in [3.63, 3.8) is 0 Å². The van der Waals surface area contributed by atoms with E-state index in [0.717, 1.165) is 21.5 Å². The molecule has 0 saturated heterocycles. The van der Waals surface area contributed by atoms with E-state index in [0.29, 0.717) is 18.9 Å². The number of rotatable bonds is 8. The number of aryl methyl sites for hydroxylation is 1. The minimum absolute atomic E-state index is 0.120. The smallest absolute Gasteiger partial charge is 0.319 e. The van der Waals surface area contributed by atoms with Crippen molar-refractivity contribution in [3.8, 4) is 5.75 Å². The summed E-state index contributed by atoms with van der Waals surface area (Å²) in [5.41, 5.74) is 0.120. The Balaban J connectivity index is 1.67. The highest BCUT2D eigenvalue weighted by atomic mass is 32.2. The number of carbonyl (C=O) groups excluding carboxylic acids is 1. The molecule has 0 aliphatic rings. The molecule has 9 heteroatoms. The number of anilines is 1. The van der Waals surface area contributed by atoms with Crippen LogP contribution in [0.2, 0.25) is 0 Å². The second-order valence-electron chi connectivity index (χ2n) is 4.74.